The van der Waals surface area contributed by atoms with E-state index in [9.17, 15) is 0 Å². The lowest BCUT2D eigenvalue weighted by atomic mass is 10.4. The number of nitrogens with zero attached hydrogens (tertiary/aromatic N) is 1. The van der Waals surface area contributed by atoms with Crippen molar-refractivity contribution in [3.63, 3.8) is 0 Å². The molecule has 0 amide bonds. The Morgan fingerprint density at radius 2 is 2.11 bits per heavy atom. The maximum atomic E-state index is 4.96. The third-order valence-electron chi connectivity index (χ3n) is 0.875. The Morgan fingerprint density at radius 3 is 2.56 bits per heavy atom. The van der Waals surface area contributed by atoms with Crippen molar-refractivity contribution in [3.05, 3.63) is 0 Å². The van der Waals surface area contributed by atoms with Gasteiger partial charge in [-0.05, 0) is 20.3 Å². The SMILES string of the molecule is CCCCO[N]C(C)C. The van der Waals surface area contributed by atoms with Crippen molar-refractivity contribution in [2.75, 3.05) is 6.61 Å². The van der Waals surface area contributed by atoms with E-state index >= 15 is 0 Å². The predicted octanol–water partition coefficient (Wildman–Crippen LogP) is 1.73. The lowest BCUT2D eigenvalue weighted by Crippen LogP contribution is -2.15. The van der Waals surface area contributed by atoms with Gasteiger partial charge < -0.3 is 0 Å². The molecular formula is C7H16NO. The Bertz CT molecular complexity index is 54.9. The quantitative estimate of drug-likeness (QED) is 0.410. The molecule has 0 saturated heterocycles. The van der Waals surface area contributed by atoms with Crippen molar-refractivity contribution in [3.8, 4) is 0 Å². The standard InChI is InChI=1S/C7H16NO/c1-4-5-6-9-8-7(2)3/h7H,4-6H2,1-3H3. The van der Waals surface area contributed by atoms with Gasteiger partial charge in [0.05, 0.1) is 6.61 Å². The minimum atomic E-state index is 0.307. The zero-order valence-corrected chi connectivity index (χ0v) is 6.55. The van der Waals surface area contributed by atoms with Crippen LogP contribution in [-0.4, -0.2) is 12.6 Å². The largest absolute Gasteiger partial charge is 0.282 e. The van der Waals surface area contributed by atoms with E-state index in [2.05, 4.69) is 12.4 Å². The van der Waals surface area contributed by atoms with Gasteiger partial charge in [-0.25, -0.2) is 0 Å². The molecule has 0 aromatic heterocycles. The molecule has 0 heterocycles. The second-order valence-electron chi connectivity index (χ2n) is 2.39. The summed E-state index contributed by atoms with van der Waals surface area (Å²) < 4.78 is 0. The van der Waals surface area contributed by atoms with E-state index in [4.69, 9.17) is 4.84 Å². The van der Waals surface area contributed by atoms with Crippen LogP contribution < -0.4 is 5.48 Å². The topological polar surface area (TPSA) is 23.3 Å². The second-order valence-corrected chi connectivity index (χ2v) is 2.39. The zero-order chi connectivity index (χ0) is 7.11. The number of rotatable bonds is 5. The summed E-state index contributed by atoms with van der Waals surface area (Å²) >= 11 is 0. The van der Waals surface area contributed by atoms with Gasteiger partial charge in [0.15, 0.2) is 0 Å². The van der Waals surface area contributed by atoms with E-state index in [1.165, 1.54) is 6.42 Å². The molecule has 0 bridgehead atoms. The molecule has 0 aromatic carbocycles. The van der Waals surface area contributed by atoms with Crippen LogP contribution >= 0.6 is 0 Å². The number of hydrogen-bond donors (Lipinski definition) is 0. The third-order valence-corrected chi connectivity index (χ3v) is 0.875. The fourth-order valence-electron chi connectivity index (χ4n) is 0.411. The molecule has 2 heteroatoms. The Kier molecular flexibility index (Phi) is 5.99. The molecule has 0 aliphatic heterocycles. The van der Waals surface area contributed by atoms with Crippen LogP contribution in [0.5, 0.6) is 0 Å². The van der Waals surface area contributed by atoms with Gasteiger partial charge in [0.2, 0.25) is 0 Å². The second kappa shape index (κ2) is 6.05. The van der Waals surface area contributed by atoms with Crippen LogP contribution in [0.2, 0.25) is 0 Å². The van der Waals surface area contributed by atoms with Gasteiger partial charge in [0.1, 0.15) is 0 Å². The Hall–Kier alpha value is -0.0800. The van der Waals surface area contributed by atoms with E-state index in [-0.39, 0.29) is 0 Å². The van der Waals surface area contributed by atoms with E-state index in [1.807, 2.05) is 13.8 Å². The van der Waals surface area contributed by atoms with E-state index in [1.54, 1.807) is 0 Å². The molecule has 0 aromatic rings. The monoisotopic (exact) mass is 130 g/mol. The molecule has 0 N–H and O–H groups in total. The Morgan fingerprint density at radius 1 is 1.44 bits per heavy atom. The molecule has 2 nitrogen and oxygen atoms in total. The van der Waals surface area contributed by atoms with Crippen molar-refractivity contribution in [2.45, 2.75) is 39.7 Å². The highest BCUT2D eigenvalue weighted by Crippen LogP contribution is 1.87. The fourth-order valence-corrected chi connectivity index (χ4v) is 0.411. The van der Waals surface area contributed by atoms with Crippen molar-refractivity contribution < 1.29 is 4.84 Å². The van der Waals surface area contributed by atoms with Crippen LogP contribution in [0.4, 0.5) is 0 Å². The van der Waals surface area contributed by atoms with Crippen LogP contribution in [0.3, 0.4) is 0 Å². The first-order chi connectivity index (χ1) is 4.27. The summed E-state index contributed by atoms with van der Waals surface area (Å²) in [4.78, 5) is 4.96. The van der Waals surface area contributed by atoms with E-state index in [0.29, 0.717) is 6.04 Å². The third kappa shape index (κ3) is 7.92. The van der Waals surface area contributed by atoms with Gasteiger partial charge >= 0.3 is 0 Å². The summed E-state index contributed by atoms with van der Waals surface area (Å²) in [6.45, 7) is 6.92. The lowest BCUT2D eigenvalue weighted by molar-refractivity contribution is 0.0140. The van der Waals surface area contributed by atoms with Crippen molar-refractivity contribution >= 4 is 0 Å². The number of unbranched alkanes of at least 4 members (excludes halogenated alkanes) is 1. The zero-order valence-electron chi connectivity index (χ0n) is 6.55. The summed E-state index contributed by atoms with van der Waals surface area (Å²) in [5.41, 5.74) is 3.86. The molecule has 0 unspecified atom stereocenters. The Balaban J connectivity index is 2.75. The molecule has 9 heavy (non-hydrogen) atoms. The Labute approximate surface area is 57.5 Å². The highest BCUT2D eigenvalue weighted by molar-refractivity contribution is 4.38. The summed E-state index contributed by atoms with van der Waals surface area (Å²) in [5.74, 6) is 0. The summed E-state index contributed by atoms with van der Waals surface area (Å²) in [5, 5.41) is 0. The van der Waals surface area contributed by atoms with Crippen LogP contribution in [0.15, 0.2) is 0 Å². The van der Waals surface area contributed by atoms with Gasteiger partial charge in [-0.2, -0.15) is 0 Å². The molecule has 0 fully saturated rings. The minimum Gasteiger partial charge on any atom is -0.282 e. The summed E-state index contributed by atoms with van der Waals surface area (Å²) in [6.07, 6.45) is 2.28. The average molecular weight is 130 g/mol. The number of hydroxylamine groups is 1. The smallest absolute Gasteiger partial charge is 0.0702 e. The van der Waals surface area contributed by atoms with E-state index < -0.39 is 0 Å². The predicted molar refractivity (Wildman–Crippen MR) is 38.1 cm³/mol. The van der Waals surface area contributed by atoms with Gasteiger partial charge in [-0.3, -0.25) is 4.84 Å². The molecule has 0 atom stereocenters. The summed E-state index contributed by atoms with van der Waals surface area (Å²) in [7, 11) is 0. The first-order valence-corrected chi connectivity index (χ1v) is 3.59. The minimum absolute atomic E-state index is 0.307. The molecule has 0 aliphatic rings. The van der Waals surface area contributed by atoms with Crippen LogP contribution in [0.1, 0.15) is 33.6 Å². The fraction of sp³-hybridized carbons (Fsp3) is 1.00. The molecule has 0 spiro atoms. The van der Waals surface area contributed by atoms with Crippen molar-refractivity contribution in [1.29, 1.82) is 0 Å². The van der Waals surface area contributed by atoms with Crippen molar-refractivity contribution in [1.82, 2.24) is 5.48 Å². The molecule has 55 valence electrons. The van der Waals surface area contributed by atoms with Gasteiger partial charge in [0, 0.05) is 6.04 Å². The summed E-state index contributed by atoms with van der Waals surface area (Å²) in [6, 6.07) is 0.307. The van der Waals surface area contributed by atoms with Crippen LogP contribution in [0.25, 0.3) is 0 Å². The molecule has 0 rings (SSSR count). The first-order valence-electron chi connectivity index (χ1n) is 3.59. The average Bonchev–Trinajstić information content (AvgIpc) is 1.80. The highest BCUT2D eigenvalue weighted by atomic mass is 16.6. The first kappa shape index (κ1) is 8.92. The molecular weight excluding hydrogens is 114 g/mol. The highest BCUT2D eigenvalue weighted by Gasteiger charge is 1.91. The maximum Gasteiger partial charge on any atom is 0.0702 e. The van der Waals surface area contributed by atoms with Crippen LogP contribution in [-0.2, 0) is 4.84 Å². The van der Waals surface area contributed by atoms with Gasteiger partial charge in [-0.15, -0.1) is 0 Å². The van der Waals surface area contributed by atoms with Gasteiger partial charge in [-0.1, -0.05) is 18.8 Å². The number of hydrogen-bond acceptors (Lipinski definition) is 1. The maximum absolute atomic E-state index is 4.96. The molecule has 1 radical (unpaired) electrons. The normalized spacial score (nSPS) is 10.7. The van der Waals surface area contributed by atoms with Gasteiger partial charge in [0.25, 0.3) is 0 Å². The lowest BCUT2D eigenvalue weighted by Gasteiger charge is -2.03. The van der Waals surface area contributed by atoms with Crippen LogP contribution in [0, 0.1) is 0 Å². The molecule has 0 aliphatic carbocycles. The van der Waals surface area contributed by atoms with Crippen molar-refractivity contribution in [2.24, 2.45) is 0 Å². The molecule has 0 saturated carbocycles. The van der Waals surface area contributed by atoms with E-state index in [0.717, 1.165) is 13.0 Å².